The Morgan fingerprint density at radius 2 is 1.97 bits per heavy atom. The van der Waals surface area contributed by atoms with Crippen LogP contribution in [0, 0.1) is 6.92 Å². The molecule has 8 nitrogen and oxygen atoms in total. The number of halogens is 4. The fraction of sp³-hybridized carbons (Fsp3) is 0.158. The molecule has 1 aromatic carbocycles. The summed E-state index contributed by atoms with van der Waals surface area (Å²) in [6, 6.07) is 5.35. The van der Waals surface area contributed by atoms with Gasteiger partial charge in [-0.1, -0.05) is 46.0 Å². The molecule has 4 aromatic rings. The van der Waals surface area contributed by atoms with E-state index in [2.05, 4.69) is 36.6 Å². The van der Waals surface area contributed by atoms with Gasteiger partial charge in [-0.2, -0.15) is 10.2 Å². The number of benzene rings is 1. The van der Waals surface area contributed by atoms with Crippen molar-refractivity contribution in [2.24, 2.45) is 0 Å². The minimum atomic E-state index is -0.453. The Labute approximate surface area is 200 Å². The van der Waals surface area contributed by atoms with E-state index in [-0.39, 0.29) is 12.2 Å². The van der Waals surface area contributed by atoms with E-state index in [0.29, 0.717) is 43.2 Å². The van der Waals surface area contributed by atoms with Crippen molar-refractivity contribution in [1.29, 1.82) is 0 Å². The summed E-state index contributed by atoms with van der Waals surface area (Å²) in [4.78, 5) is 12.9. The summed E-state index contributed by atoms with van der Waals surface area (Å²) in [6.07, 6.45) is 4.91. The van der Waals surface area contributed by atoms with Crippen LogP contribution in [0.2, 0.25) is 15.1 Å². The summed E-state index contributed by atoms with van der Waals surface area (Å²) in [5.41, 5.74) is 1.66. The standard InChI is InChI=1S/C19H14BrCl3N6O2/c1-10-13(8-28-7-12(21)5-24-28)17(27-31-10)19(30)25-18-14(20)9-29(26-18)6-11-2-3-15(22)16(23)4-11/h2-5,7,9H,6,8H2,1H3,(H,25,26,30). The first-order valence-electron chi connectivity index (χ1n) is 8.91. The lowest BCUT2D eigenvalue weighted by Gasteiger charge is -2.05. The first-order valence-corrected chi connectivity index (χ1v) is 10.8. The largest absolute Gasteiger partial charge is 0.361 e. The minimum Gasteiger partial charge on any atom is -0.361 e. The molecule has 3 aromatic heterocycles. The van der Waals surface area contributed by atoms with Gasteiger partial charge >= 0.3 is 0 Å². The Bertz CT molecular complexity index is 1270. The summed E-state index contributed by atoms with van der Waals surface area (Å²) in [5, 5.41) is 16.6. The van der Waals surface area contributed by atoms with Crippen molar-refractivity contribution in [2.75, 3.05) is 5.32 Å². The monoisotopic (exact) mass is 542 g/mol. The molecule has 12 heteroatoms. The Kier molecular flexibility index (Phi) is 6.38. The molecule has 4 rings (SSSR count). The Hall–Kier alpha value is -2.33. The normalized spacial score (nSPS) is 11.1. The van der Waals surface area contributed by atoms with Crippen molar-refractivity contribution in [2.45, 2.75) is 20.0 Å². The second-order valence-electron chi connectivity index (χ2n) is 6.65. The van der Waals surface area contributed by atoms with Gasteiger partial charge in [-0.05, 0) is 40.5 Å². The molecular weight excluding hydrogens is 531 g/mol. The highest BCUT2D eigenvalue weighted by Crippen LogP contribution is 2.25. The van der Waals surface area contributed by atoms with Crippen LogP contribution in [-0.4, -0.2) is 30.6 Å². The lowest BCUT2D eigenvalue weighted by Crippen LogP contribution is -2.17. The molecule has 1 N–H and O–H groups in total. The van der Waals surface area contributed by atoms with Gasteiger partial charge in [0.1, 0.15) is 5.76 Å². The Morgan fingerprint density at radius 1 is 1.16 bits per heavy atom. The first kappa shape index (κ1) is 21.9. The van der Waals surface area contributed by atoms with Crippen LogP contribution in [-0.2, 0) is 13.1 Å². The van der Waals surface area contributed by atoms with Gasteiger partial charge in [0, 0.05) is 18.0 Å². The third-order valence-electron chi connectivity index (χ3n) is 4.40. The van der Waals surface area contributed by atoms with Gasteiger partial charge in [-0.25, -0.2) is 0 Å². The number of rotatable bonds is 6. The molecule has 0 saturated carbocycles. The number of carbonyl (C=O) groups is 1. The maximum Gasteiger partial charge on any atom is 0.279 e. The Balaban J connectivity index is 1.51. The second-order valence-corrected chi connectivity index (χ2v) is 8.75. The molecule has 1 amide bonds. The van der Waals surface area contributed by atoms with E-state index in [9.17, 15) is 4.79 Å². The molecular formula is C19H14BrCl3N6O2. The van der Waals surface area contributed by atoms with Crippen LogP contribution < -0.4 is 5.32 Å². The third-order valence-corrected chi connectivity index (χ3v) is 5.91. The van der Waals surface area contributed by atoms with E-state index in [4.69, 9.17) is 39.3 Å². The van der Waals surface area contributed by atoms with E-state index in [0.717, 1.165) is 5.56 Å². The number of amides is 1. The summed E-state index contributed by atoms with van der Waals surface area (Å²) in [6.45, 7) is 2.46. The third kappa shape index (κ3) is 4.95. The van der Waals surface area contributed by atoms with E-state index in [1.165, 1.54) is 6.20 Å². The zero-order valence-electron chi connectivity index (χ0n) is 15.9. The molecule has 0 spiro atoms. The number of anilines is 1. The topological polar surface area (TPSA) is 90.8 Å². The molecule has 3 heterocycles. The molecule has 0 unspecified atom stereocenters. The van der Waals surface area contributed by atoms with Crippen molar-refractivity contribution in [3.63, 3.8) is 0 Å². The average Bonchev–Trinajstić information content (AvgIpc) is 3.39. The molecule has 0 bridgehead atoms. The summed E-state index contributed by atoms with van der Waals surface area (Å²) >= 11 is 21.4. The van der Waals surface area contributed by atoms with Gasteiger partial charge in [0.25, 0.3) is 5.91 Å². The number of nitrogens with zero attached hydrogens (tertiary/aromatic N) is 5. The SMILES string of the molecule is Cc1onc(C(=O)Nc2nn(Cc3ccc(Cl)c(Cl)c3)cc2Br)c1Cn1cc(Cl)cn1. The fourth-order valence-electron chi connectivity index (χ4n) is 2.90. The van der Waals surface area contributed by atoms with Crippen LogP contribution in [0.1, 0.15) is 27.4 Å². The van der Waals surface area contributed by atoms with Crippen molar-refractivity contribution < 1.29 is 9.32 Å². The maximum atomic E-state index is 12.9. The molecule has 0 aliphatic rings. The van der Waals surface area contributed by atoms with Crippen LogP contribution in [0.25, 0.3) is 0 Å². The van der Waals surface area contributed by atoms with Gasteiger partial charge in [0.15, 0.2) is 11.5 Å². The number of carbonyl (C=O) groups excluding carboxylic acids is 1. The van der Waals surface area contributed by atoms with E-state index < -0.39 is 5.91 Å². The highest BCUT2D eigenvalue weighted by atomic mass is 79.9. The van der Waals surface area contributed by atoms with Gasteiger partial charge in [-0.3, -0.25) is 14.2 Å². The van der Waals surface area contributed by atoms with E-state index in [1.807, 2.05) is 6.07 Å². The Morgan fingerprint density at radius 3 is 2.68 bits per heavy atom. The van der Waals surface area contributed by atoms with Gasteiger partial charge in [-0.15, -0.1) is 0 Å². The van der Waals surface area contributed by atoms with Crippen LogP contribution in [0.5, 0.6) is 0 Å². The van der Waals surface area contributed by atoms with Crippen LogP contribution in [0.4, 0.5) is 5.82 Å². The predicted octanol–water partition coefficient (Wildman–Crippen LogP) is 5.45. The van der Waals surface area contributed by atoms with Crippen molar-refractivity contribution >= 4 is 62.5 Å². The van der Waals surface area contributed by atoms with Crippen molar-refractivity contribution in [3.8, 4) is 0 Å². The molecule has 0 aliphatic heterocycles. The highest BCUT2D eigenvalue weighted by molar-refractivity contribution is 9.10. The van der Waals surface area contributed by atoms with Gasteiger partial charge in [0.05, 0.1) is 38.8 Å². The zero-order valence-corrected chi connectivity index (χ0v) is 19.8. The fourth-order valence-corrected chi connectivity index (χ4v) is 3.79. The van der Waals surface area contributed by atoms with Crippen LogP contribution in [0.15, 0.2) is 45.8 Å². The molecule has 0 saturated heterocycles. The molecule has 160 valence electrons. The average molecular weight is 545 g/mol. The summed E-state index contributed by atoms with van der Waals surface area (Å²) < 4.78 is 9.10. The van der Waals surface area contributed by atoms with Gasteiger partial charge in [0.2, 0.25) is 0 Å². The molecule has 0 atom stereocenters. The molecule has 0 aliphatic carbocycles. The smallest absolute Gasteiger partial charge is 0.279 e. The van der Waals surface area contributed by atoms with Crippen molar-refractivity contribution in [1.82, 2.24) is 24.7 Å². The molecule has 31 heavy (non-hydrogen) atoms. The van der Waals surface area contributed by atoms with Crippen molar-refractivity contribution in [3.05, 3.63) is 78.9 Å². The number of aromatic nitrogens is 5. The number of hydrogen-bond acceptors (Lipinski definition) is 5. The zero-order chi connectivity index (χ0) is 22.1. The van der Waals surface area contributed by atoms with Gasteiger partial charge < -0.3 is 9.84 Å². The van der Waals surface area contributed by atoms with Crippen LogP contribution in [0.3, 0.4) is 0 Å². The van der Waals surface area contributed by atoms with E-state index >= 15 is 0 Å². The minimum absolute atomic E-state index is 0.148. The summed E-state index contributed by atoms with van der Waals surface area (Å²) in [5.74, 6) is 0.408. The number of aryl methyl sites for hydroxylation is 1. The van der Waals surface area contributed by atoms with Crippen LogP contribution >= 0.6 is 50.7 Å². The highest BCUT2D eigenvalue weighted by Gasteiger charge is 2.22. The molecule has 0 fully saturated rings. The quantitative estimate of drug-likeness (QED) is 0.349. The lowest BCUT2D eigenvalue weighted by atomic mass is 10.2. The first-order chi connectivity index (χ1) is 14.8. The number of nitrogens with one attached hydrogen (secondary N) is 1. The maximum absolute atomic E-state index is 12.9. The second kappa shape index (κ2) is 9.04. The number of hydrogen-bond donors (Lipinski definition) is 1. The molecule has 0 radical (unpaired) electrons. The lowest BCUT2D eigenvalue weighted by molar-refractivity contribution is 0.101. The predicted molar refractivity (Wildman–Crippen MR) is 121 cm³/mol. The van der Waals surface area contributed by atoms with E-state index in [1.54, 1.807) is 40.8 Å². The summed E-state index contributed by atoms with van der Waals surface area (Å²) in [7, 11) is 0.